The molecule has 0 aliphatic carbocycles. The van der Waals surface area contributed by atoms with Crippen molar-refractivity contribution in [2.75, 3.05) is 17.6 Å². The Bertz CT molecular complexity index is 359. The molecule has 3 N–H and O–H groups in total. The maximum Gasteiger partial charge on any atom is 0.0621 e. The molecular formula is C11H15ClN2. The van der Waals surface area contributed by atoms with Crippen LogP contribution in [0.5, 0.6) is 0 Å². The first-order chi connectivity index (χ1) is 6.52. The first-order valence-corrected chi connectivity index (χ1v) is 4.83. The van der Waals surface area contributed by atoms with Gasteiger partial charge in [0.25, 0.3) is 0 Å². The van der Waals surface area contributed by atoms with Crippen molar-refractivity contribution in [3.63, 3.8) is 0 Å². The number of hydrogen-bond donors (Lipinski definition) is 2. The van der Waals surface area contributed by atoms with Gasteiger partial charge in [-0.3, -0.25) is 0 Å². The van der Waals surface area contributed by atoms with Crippen LogP contribution in [-0.4, -0.2) is 6.54 Å². The number of nitrogens with two attached hydrogens (primary N) is 1. The average Bonchev–Trinajstić information content (AvgIpc) is 2.11. The predicted molar refractivity (Wildman–Crippen MR) is 63.9 cm³/mol. The minimum absolute atomic E-state index is 0.714. The highest BCUT2D eigenvalue weighted by molar-refractivity contribution is 6.31. The molecule has 1 aromatic carbocycles. The Morgan fingerprint density at radius 3 is 2.79 bits per heavy atom. The summed E-state index contributed by atoms with van der Waals surface area (Å²) in [7, 11) is 0. The zero-order valence-corrected chi connectivity index (χ0v) is 9.28. The predicted octanol–water partition coefficient (Wildman–Crippen LogP) is 3.22. The molecule has 3 heteroatoms. The lowest BCUT2D eigenvalue weighted by Crippen LogP contribution is -2.06. The fraction of sp³-hybridized carbons (Fsp3) is 0.273. The van der Waals surface area contributed by atoms with Crippen LogP contribution in [0, 0.1) is 6.92 Å². The largest absolute Gasteiger partial charge is 0.397 e. The zero-order chi connectivity index (χ0) is 10.7. The van der Waals surface area contributed by atoms with Crippen LogP contribution in [-0.2, 0) is 0 Å². The van der Waals surface area contributed by atoms with Crippen LogP contribution in [0.3, 0.4) is 0 Å². The van der Waals surface area contributed by atoms with E-state index in [4.69, 9.17) is 17.3 Å². The minimum Gasteiger partial charge on any atom is -0.397 e. The van der Waals surface area contributed by atoms with Gasteiger partial charge < -0.3 is 11.1 Å². The summed E-state index contributed by atoms with van der Waals surface area (Å²) in [6.45, 7) is 8.43. The molecule has 2 nitrogen and oxygen atoms in total. The fourth-order valence-electron chi connectivity index (χ4n) is 1.18. The second-order valence-electron chi connectivity index (χ2n) is 3.45. The number of nitrogen functional groups attached to an aromatic ring is 1. The van der Waals surface area contributed by atoms with E-state index in [-0.39, 0.29) is 0 Å². The molecule has 1 aromatic rings. The third-order valence-corrected chi connectivity index (χ3v) is 2.41. The fourth-order valence-corrected chi connectivity index (χ4v) is 1.34. The molecule has 0 atom stereocenters. The molecule has 14 heavy (non-hydrogen) atoms. The average molecular weight is 211 g/mol. The lowest BCUT2D eigenvalue weighted by Gasteiger charge is -2.13. The smallest absolute Gasteiger partial charge is 0.0621 e. The van der Waals surface area contributed by atoms with Crippen LogP contribution < -0.4 is 11.1 Å². The molecule has 0 heterocycles. The topological polar surface area (TPSA) is 38.0 Å². The van der Waals surface area contributed by atoms with Crippen LogP contribution >= 0.6 is 11.6 Å². The Hall–Kier alpha value is -1.15. The molecule has 76 valence electrons. The van der Waals surface area contributed by atoms with E-state index in [2.05, 4.69) is 11.9 Å². The lowest BCUT2D eigenvalue weighted by molar-refractivity contribution is 1.21. The molecule has 0 aliphatic heterocycles. The normalized spacial score (nSPS) is 9.93. The molecule has 0 saturated heterocycles. The van der Waals surface area contributed by atoms with Gasteiger partial charge in [0.1, 0.15) is 0 Å². The van der Waals surface area contributed by atoms with Gasteiger partial charge in [-0.1, -0.05) is 23.8 Å². The van der Waals surface area contributed by atoms with Gasteiger partial charge in [0.15, 0.2) is 0 Å². The van der Waals surface area contributed by atoms with Crippen LogP contribution in [0.1, 0.15) is 12.5 Å². The summed E-state index contributed by atoms with van der Waals surface area (Å²) in [5, 5.41) is 3.94. The third kappa shape index (κ3) is 2.42. The van der Waals surface area contributed by atoms with Crippen LogP contribution in [0.25, 0.3) is 0 Å². The molecular weight excluding hydrogens is 196 g/mol. The van der Waals surface area contributed by atoms with Crippen molar-refractivity contribution in [1.29, 1.82) is 0 Å². The summed E-state index contributed by atoms with van der Waals surface area (Å²) in [5.74, 6) is 0. The highest BCUT2D eigenvalue weighted by Gasteiger charge is 2.05. The number of hydrogen-bond acceptors (Lipinski definition) is 2. The molecule has 0 spiro atoms. The molecule has 0 radical (unpaired) electrons. The van der Waals surface area contributed by atoms with Crippen molar-refractivity contribution in [3.05, 3.63) is 34.9 Å². The molecule has 0 unspecified atom stereocenters. The quantitative estimate of drug-likeness (QED) is 0.594. The molecule has 0 bridgehead atoms. The van der Waals surface area contributed by atoms with Crippen molar-refractivity contribution in [2.24, 2.45) is 0 Å². The third-order valence-electron chi connectivity index (χ3n) is 2.00. The van der Waals surface area contributed by atoms with Gasteiger partial charge in [-0.25, -0.2) is 0 Å². The van der Waals surface area contributed by atoms with E-state index in [0.29, 0.717) is 12.2 Å². The SMILES string of the molecule is C=C(C)CNc1c(N)ccc(Cl)c1C. The highest BCUT2D eigenvalue weighted by Crippen LogP contribution is 2.29. The molecule has 0 fully saturated rings. The second-order valence-corrected chi connectivity index (χ2v) is 3.85. The van der Waals surface area contributed by atoms with Gasteiger partial charge in [-0.2, -0.15) is 0 Å². The molecule has 0 amide bonds. The summed E-state index contributed by atoms with van der Waals surface area (Å²) in [4.78, 5) is 0. The first-order valence-electron chi connectivity index (χ1n) is 4.45. The summed E-state index contributed by atoms with van der Waals surface area (Å²) in [6.07, 6.45) is 0. The van der Waals surface area contributed by atoms with E-state index in [1.165, 1.54) is 0 Å². The number of anilines is 2. The Labute approximate surface area is 89.8 Å². The van der Waals surface area contributed by atoms with Crippen molar-refractivity contribution in [3.8, 4) is 0 Å². The van der Waals surface area contributed by atoms with Crippen molar-refractivity contribution < 1.29 is 0 Å². The summed E-state index contributed by atoms with van der Waals surface area (Å²) >= 11 is 5.98. The summed E-state index contributed by atoms with van der Waals surface area (Å²) < 4.78 is 0. The monoisotopic (exact) mass is 210 g/mol. The van der Waals surface area contributed by atoms with Crippen LogP contribution in [0.15, 0.2) is 24.3 Å². The Kier molecular flexibility index (Phi) is 3.42. The Balaban J connectivity index is 2.95. The van der Waals surface area contributed by atoms with Crippen LogP contribution in [0.4, 0.5) is 11.4 Å². The number of rotatable bonds is 3. The van der Waals surface area contributed by atoms with Gasteiger partial charge in [-0.05, 0) is 31.5 Å². The lowest BCUT2D eigenvalue weighted by atomic mass is 10.1. The van der Waals surface area contributed by atoms with Gasteiger partial charge in [0, 0.05) is 11.6 Å². The van der Waals surface area contributed by atoms with E-state index in [9.17, 15) is 0 Å². The van der Waals surface area contributed by atoms with Crippen molar-refractivity contribution >= 4 is 23.0 Å². The van der Waals surface area contributed by atoms with Gasteiger partial charge in [0.2, 0.25) is 0 Å². The Morgan fingerprint density at radius 1 is 1.57 bits per heavy atom. The van der Waals surface area contributed by atoms with E-state index in [1.807, 2.05) is 13.8 Å². The van der Waals surface area contributed by atoms with Gasteiger partial charge in [0.05, 0.1) is 11.4 Å². The van der Waals surface area contributed by atoms with Crippen molar-refractivity contribution in [2.45, 2.75) is 13.8 Å². The number of nitrogens with one attached hydrogen (secondary N) is 1. The van der Waals surface area contributed by atoms with E-state index >= 15 is 0 Å². The van der Waals surface area contributed by atoms with Gasteiger partial charge >= 0.3 is 0 Å². The molecule has 0 aliphatic rings. The summed E-state index contributed by atoms with van der Waals surface area (Å²) in [5.41, 5.74) is 9.48. The van der Waals surface area contributed by atoms with E-state index < -0.39 is 0 Å². The highest BCUT2D eigenvalue weighted by atomic mass is 35.5. The standard InChI is InChI=1S/C11H15ClN2/c1-7(2)6-14-11-8(3)9(12)4-5-10(11)13/h4-5,14H,1,6,13H2,2-3H3. The minimum atomic E-state index is 0.714. The maximum absolute atomic E-state index is 5.98. The van der Waals surface area contributed by atoms with E-state index in [1.54, 1.807) is 12.1 Å². The summed E-state index contributed by atoms with van der Waals surface area (Å²) in [6, 6.07) is 3.61. The van der Waals surface area contributed by atoms with Crippen molar-refractivity contribution in [1.82, 2.24) is 0 Å². The Morgan fingerprint density at radius 2 is 2.21 bits per heavy atom. The number of halogens is 1. The molecule has 0 saturated carbocycles. The first kappa shape index (κ1) is 10.9. The molecule has 1 rings (SSSR count). The second kappa shape index (κ2) is 4.38. The van der Waals surface area contributed by atoms with Crippen LogP contribution in [0.2, 0.25) is 5.02 Å². The maximum atomic E-state index is 5.98. The zero-order valence-electron chi connectivity index (χ0n) is 8.52. The number of benzene rings is 1. The van der Waals surface area contributed by atoms with Gasteiger partial charge in [-0.15, -0.1) is 0 Å². The molecule has 0 aromatic heterocycles. The van der Waals surface area contributed by atoms with E-state index in [0.717, 1.165) is 21.8 Å².